The largest absolute Gasteiger partial charge is 0.368 e. The minimum absolute atomic E-state index is 0.0106. The predicted molar refractivity (Wildman–Crippen MR) is 76.5 cm³/mol. The van der Waals surface area contributed by atoms with Crippen molar-refractivity contribution >= 4 is 11.9 Å². The van der Waals surface area contributed by atoms with Crippen LogP contribution in [0.5, 0.6) is 0 Å². The smallest absolute Gasteiger partial charge is 0.225 e. The van der Waals surface area contributed by atoms with Crippen molar-refractivity contribution in [3.05, 3.63) is 18.0 Å². The third-order valence-corrected chi connectivity index (χ3v) is 3.27. The summed E-state index contributed by atoms with van der Waals surface area (Å²) in [6.45, 7) is 5.59. The van der Waals surface area contributed by atoms with Crippen LogP contribution >= 0.6 is 0 Å². The van der Waals surface area contributed by atoms with E-state index in [2.05, 4.69) is 9.97 Å². The van der Waals surface area contributed by atoms with Crippen molar-refractivity contribution in [2.24, 2.45) is 5.92 Å². The maximum Gasteiger partial charge on any atom is 0.225 e. The highest BCUT2D eigenvalue weighted by atomic mass is 16.5. The van der Waals surface area contributed by atoms with Gasteiger partial charge in [0.25, 0.3) is 0 Å². The molecule has 1 aliphatic heterocycles. The van der Waals surface area contributed by atoms with E-state index < -0.39 is 0 Å². The Morgan fingerprint density at radius 2 is 2.25 bits per heavy atom. The molecular formula is C14H22N4O2. The molecule has 110 valence electrons. The van der Waals surface area contributed by atoms with Gasteiger partial charge in [-0.05, 0) is 6.07 Å². The molecule has 0 aliphatic carbocycles. The lowest BCUT2D eigenvalue weighted by atomic mass is 10.1. The average molecular weight is 278 g/mol. The number of nitrogens with zero attached hydrogens (tertiary/aromatic N) is 4. The molecule has 6 nitrogen and oxygen atoms in total. The Morgan fingerprint density at radius 1 is 1.50 bits per heavy atom. The van der Waals surface area contributed by atoms with Crippen molar-refractivity contribution in [2.45, 2.75) is 20.0 Å². The van der Waals surface area contributed by atoms with Crippen LogP contribution in [0.1, 0.15) is 25.6 Å². The molecule has 20 heavy (non-hydrogen) atoms. The van der Waals surface area contributed by atoms with Crippen LogP contribution < -0.4 is 4.90 Å². The van der Waals surface area contributed by atoms with Gasteiger partial charge in [0, 0.05) is 32.8 Å². The highest BCUT2D eigenvalue weighted by Crippen LogP contribution is 2.22. The van der Waals surface area contributed by atoms with Crippen molar-refractivity contribution in [3.63, 3.8) is 0 Å². The molecule has 0 bridgehead atoms. The Balaban J connectivity index is 2.12. The van der Waals surface area contributed by atoms with Gasteiger partial charge in [0.05, 0.1) is 18.8 Å². The topological polar surface area (TPSA) is 58.6 Å². The molecule has 6 heteroatoms. The monoisotopic (exact) mass is 278 g/mol. The van der Waals surface area contributed by atoms with Crippen molar-refractivity contribution in [1.82, 2.24) is 14.9 Å². The van der Waals surface area contributed by atoms with Crippen molar-refractivity contribution < 1.29 is 9.53 Å². The van der Waals surface area contributed by atoms with Gasteiger partial charge in [-0.2, -0.15) is 0 Å². The summed E-state index contributed by atoms with van der Waals surface area (Å²) in [6, 6.07) is 1.85. The fraction of sp³-hybridized carbons (Fsp3) is 0.643. The van der Waals surface area contributed by atoms with Crippen molar-refractivity contribution in [2.75, 3.05) is 38.7 Å². The highest BCUT2D eigenvalue weighted by Gasteiger charge is 2.27. The third kappa shape index (κ3) is 3.25. The molecular weight excluding hydrogens is 256 g/mol. The summed E-state index contributed by atoms with van der Waals surface area (Å²) in [5, 5.41) is 0. The first kappa shape index (κ1) is 14.7. The molecule has 0 radical (unpaired) electrons. The fourth-order valence-electron chi connectivity index (χ4n) is 2.15. The van der Waals surface area contributed by atoms with Gasteiger partial charge in [0.2, 0.25) is 11.9 Å². The predicted octanol–water partition coefficient (Wildman–Crippen LogP) is 1.10. The lowest BCUT2D eigenvalue weighted by Crippen LogP contribution is -2.44. The second kappa shape index (κ2) is 6.17. The van der Waals surface area contributed by atoms with Gasteiger partial charge in [0.1, 0.15) is 6.10 Å². The molecule has 1 atom stereocenters. The molecule has 1 amide bonds. The second-order valence-corrected chi connectivity index (χ2v) is 5.47. The minimum atomic E-state index is -0.173. The summed E-state index contributed by atoms with van der Waals surface area (Å²) in [5.41, 5.74) is 0.824. The summed E-state index contributed by atoms with van der Waals surface area (Å²) in [4.78, 5) is 24.5. The first-order valence-corrected chi connectivity index (χ1v) is 6.89. The van der Waals surface area contributed by atoms with Crippen LogP contribution in [0.15, 0.2) is 12.3 Å². The van der Waals surface area contributed by atoms with Crippen LogP contribution in [0.25, 0.3) is 0 Å². The molecule has 0 aromatic carbocycles. The number of hydrogen-bond acceptors (Lipinski definition) is 5. The molecule has 1 aromatic rings. The number of carbonyl (C=O) groups excluding carboxylic acids is 1. The van der Waals surface area contributed by atoms with E-state index in [0.717, 1.165) is 5.69 Å². The molecule has 2 rings (SSSR count). The van der Waals surface area contributed by atoms with Crippen LogP contribution in [0.3, 0.4) is 0 Å². The summed E-state index contributed by atoms with van der Waals surface area (Å²) < 4.78 is 5.76. The fourth-order valence-corrected chi connectivity index (χ4v) is 2.15. The van der Waals surface area contributed by atoms with E-state index in [1.807, 2.05) is 43.8 Å². The van der Waals surface area contributed by atoms with Crippen LogP contribution in [-0.4, -0.2) is 54.6 Å². The van der Waals surface area contributed by atoms with Gasteiger partial charge < -0.3 is 14.5 Å². The van der Waals surface area contributed by atoms with Gasteiger partial charge in [-0.3, -0.25) is 4.79 Å². The van der Waals surface area contributed by atoms with Gasteiger partial charge in [-0.25, -0.2) is 9.97 Å². The molecule has 0 N–H and O–H groups in total. The zero-order valence-corrected chi connectivity index (χ0v) is 12.5. The molecule has 1 fully saturated rings. The number of amides is 1. The van der Waals surface area contributed by atoms with Crippen LogP contribution in [0.4, 0.5) is 5.95 Å². The average Bonchev–Trinajstić information content (AvgIpc) is 2.46. The molecule has 1 aromatic heterocycles. The Morgan fingerprint density at radius 3 is 2.90 bits per heavy atom. The zero-order valence-electron chi connectivity index (χ0n) is 12.5. The molecule has 2 heterocycles. The van der Waals surface area contributed by atoms with E-state index in [1.54, 1.807) is 6.20 Å². The number of carbonyl (C=O) groups is 1. The third-order valence-electron chi connectivity index (χ3n) is 3.27. The summed E-state index contributed by atoms with van der Waals surface area (Å²) >= 11 is 0. The summed E-state index contributed by atoms with van der Waals surface area (Å²) in [7, 11) is 3.80. The van der Waals surface area contributed by atoms with E-state index in [-0.39, 0.29) is 17.9 Å². The number of rotatable bonds is 3. The number of hydrogen-bond donors (Lipinski definition) is 0. The summed E-state index contributed by atoms with van der Waals surface area (Å²) in [5.74, 6) is 0.829. The first-order chi connectivity index (χ1) is 9.49. The maximum atomic E-state index is 12.1. The molecule has 0 spiro atoms. The molecule has 0 saturated carbocycles. The Kier molecular flexibility index (Phi) is 4.54. The first-order valence-electron chi connectivity index (χ1n) is 6.89. The molecule has 1 aliphatic rings. The Bertz CT molecular complexity index is 476. The zero-order chi connectivity index (χ0) is 14.7. The van der Waals surface area contributed by atoms with E-state index in [4.69, 9.17) is 4.74 Å². The van der Waals surface area contributed by atoms with Crippen LogP contribution in [0.2, 0.25) is 0 Å². The number of anilines is 1. The number of morpholine rings is 1. The standard InChI is InChI=1S/C14H22N4O2/c1-10(2)13(19)18-7-8-20-12(9-18)11-5-6-15-14(16-11)17(3)4/h5-6,10,12H,7-9H2,1-4H3. The van der Waals surface area contributed by atoms with Gasteiger partial charge in [0.15, 0.2) is 0 Å². The second-order valence-electron chi connectivity index (χ2n) is 5.47. The van der Waals surface area contributed by atoms with E-state index in [0.29, 0.717) is 25.6 Å². The lowest BCUT2D eigenvalue weighted by Gasteiger charge is -2.33. The van der Waals surface area contributed by atoms with E-state index in [9.17, 15) is 4.79 Å². The van der Waals surface area contributed by atoms with Crippen LogP contribution in [-0.2, 0) is 9.53 Å². The van der Waals surface area contributed by atoms with Crippen LogP contribution in [0, 0.1) is 5.92 Å². The van der Waals surface area contributed by atoms with Crippen molar-refractivity contribution in [3.8, 4) is 0 Å². The van der Waals surface area contributed by atoms with Gasteiger partial charge in [-0.1, -0.05) is 13.8 Å². The maximum absolute atomic E-state index is 12.1. The quantitative estimate of drug-likeness (QED) is 0.828. The summed E-state index contributed by atoms with van der Waals surface area (Å²) in [6.07, 6.45) is 1.55. The SMILES string of the molecule is CC(C)C(=O)N1CCOC(c2ccnc(N(C)C)n2)C1. The van der Waals surface area contributed by atoms with Gasteiger partial charge >= 0.3 is 0 Å². The Hall–Kier alpha value is -1.69. The van der Waals surface area contributed by atoms with E-state index >= 15 is 0 Å². The van der Waals surface area contributed by atoms with Gasteiger partial charge in [-0.15, -0.1) is 0 Å². The molecule has 1 unspecified atom stereocenters. The minimum Gasteiger partial charge on any atom is -0.368 e. The highest BCUT2D eigenvalue weighted by molar-refractivity contribution is 5.78. The normalized spacial score (nSPS) is 19.2. The number of aromatic nitrogens is 2. The Labute approximate surface area is 119 Å². The molecule has 1 saturated heterocycles. The lowest BCUT2D eigenvalue weighted by molar-refractivity contribution is -0.142. The number of ether oxygens (including phenoxy) is 1. The van der Waals surface area contributed by atoms with E-state index in [1.165, 1.54) is 0 Å². The van der Waals surface area contributed by atoms with Crippen molar-refractivity contribution in [1.29, 1.82) is 0 Å².